The second kappa shape index (κ2) is 10.2. The molecule has 1 heterocycles. The Hall–Kier alpha value is -0.710. The van der Waals surface area contributed by atoms with Gasteiger partial charge in [-0.25, -0.2) is 0 Å². The fraction of sp³-hybridized carbons (Fsp3) is 0.611. The van der Waals surface area contributed by atoms with E-state index in [1.165, 1.54) is 5.56 Å². The first-order chi connectivity index (χ1) is 10.6. The molecule has 5 heteroatoms. The van der Waals surface area contributed by atoms with Crippen molar-refractivity contribution in [3.8, 4) is 0 Å². The second-order valence-corrected chi connectivity index (χ2v) is 7.68. The molecule has 23 heavy (non-hydrogen) atoms. The van der Waals surface area contributed by atoms with Gasteiger partial charge in [0.05, 0.1) is 5.25 Å². The molecule has 1 aliphatic heterocycles. The summed E-state index contributed by atoms with van der Waals surface area (Å²) in [7, 11) is 0. The van der Waals surface area contributed by atoms with Gasteiger partial charge >= 0.3 is 0 Å². The number of hydrogen-bond acceptors (Lipinski definition) is 3. The average molecular weight is 357 g/mol. The van der Waals surface area contributed by atoms with Gasteiger partial charge in [-0.2, -0.15) is 0 Å². The molecule has 2 N–H and O–H groups in total. The first kappa shape index (κ1) is 20.3. The third-order valence-electron chi connectivity index (χ3n) is 4.25. The Bertz CT molecular complexity index is 469. The third kappa shape index (κ3) is 6.36. The normalized spacial score (nSPS) is 22.3. The van der Waals surface area contributed by atoms with Crippen LogP contribution in [0.3, 0.4) is 0 Å². The maximum absolute atomic E-state index is 12.7. The Kier molecular flexibility index (Phi) is 9.03. The molecule has 1 aromatic carbocycles. The summed E-state index contributed by atoms with van der Waals surface area (Å²) in [6.07, 6.45) is 1.03. The fourth-order valence-corrected chi connectivity index (χ4v) is 3.99. The topological polar surface area (TPSA) is 41.1 Å². The van der Waals surface area contributed by atoms with Crippen LogP contribution in [0.15, 0.2) is 30.3 Å². The summed E-state index contributed by atoms with van der Waals surface area (Å²) in [5, 5.41) is 6.68. The highest BCUT2D eigenvalue weighted by molar-refractivity contribution is 7.99. The van der Waals surface area contributed by atoms with Gasteiger partial charge < -0.3 is 10.6 Å². The monoisotopic (exact) mass is 356 g/mol. The molecular weight excluding hydrogens is 328 g/mol. The second-order valence-electron chi connectivity index (χ2n) is 6.55. The predicted molar refractivity (Wildman–Crippen MR) is 102 cm³/mol. The fourth-order valence-electron chi connectivity index (χ4n) is 2.82. The number of benzene rings is 1. The van der Waals surface area contributed by atoms with Crippen molar-refractivity contribution in [2.24, 2.45) is 11.8 Å². The highest BCUT2D eigenvalue weighted by Crippen LogP contribution is 2.24. The van der Waals surface area contributed by atoms with E-state index in [4.69, 9.17) is 0 Å². The molecule has 2 rings (SSSR count). The zero-order valence-electron chi connectivity index (χ0n) is 14.2. The molecule has 3 unspecified atom stereocenters. The first-order valence-electron chi connectivity index (χ1n) is 8.24. The lowest BCUT2D eigenvalue weighted by atomic mass is 9.95. The maximum atomic E-state index is 12.7. The van der Waals surface area contributed by atoms with Crippen LogP contribution >= 0.6 is 24.2 Å². The summed E-state index contributed by atoms with van der Waals surface area (Å²) in [5.74, 6) is 1.93. The zero-order chi connectivity index (χ0) is 15.9. The minimum atomic E-state index is 0. The molecule has 3 nitrogen and oxygen atoms in total. The molecule has 130 valence electrons. The summed E-state index contributed by atoms with van der Waals surface area (Å²) in [5.41, 5.74) is 1.28. The van der Waals surface area contributed by atoms with Crippen LogP contribution in [0.5, 0.6) is 0 Å². The average Bonchev–Trinajstić information content (AvgIpc) is 2.50. The number of piperidine rings is 1. The molecule has 1 aliphatic rings. The van der Waals surface area contributed by atoms with E-state index in [9.17, 15) is 4.79 Å². The molecule has 1 saturated heterocycles. The van der Waals surface area contributed by atoms with E-state index in [0.717, 1.165) is 25.3 Å². The van der Waals surface area contributed by atoms with Crippen molar-refractivity contribution < 1.29 is 4.79 Å². The van der Waals surface area contributed by atoms with Crippen LogP contribution in [0.4, 0.5) is 0 Å². The van der Waals surface area contributed by atoms with Gasteiger partial charge in [0.15, 0.2) is 0 Å². The van der Waals surface area contributed by atoms with Crippen molar-refractivity contribution in [2.45, 2.75) is 44.2 Å². The van der Waals surface area contributed by atoms with Gasteiger partial charge in [-0.3, -0.25) is 4.79 Å². The molecule has 1 fully saturated rings. The molecule has 0 spiro atoms. The molecule has 0 saturated carbocycles. The minimum Gasteiger partial charge on any atom is -0.352 e. The number of hydrogen-bond donors (Lipinski definition) is 2. The Morgan fingerprint density at radius 2 is 2.04 bits per heavy atom. The Labute approximate surface area is 150 Å². The van der Waals surface area contributed by atoms with Crippen LogP contribution < -0.4 is 10.6 Å². The number of thioether (sulfide) groups is 1. The van der Waals surface area contributed by atoms with E-state index in [0.29, 0.717) is 17.9 Å². The van der Waals surface area contributed by atoms with Crippen LogP contribution in [0.2, 0.25) is 0 Å². The van der Waals surface area contributed by atoms with Crippen molar-refractivity contribution >= 4 is 30.1 Å². The molecule has 0 bridgehead atoms. The lowest BCUT2D eigenvalue weighted by Crippen LogP contribution is -2.51. The quantitative estimate of drug-likeness (QED) is 0.819. The standard InChI is InChI=1S/C18H28N2OS.ClH/c1-13(2)17(22-12-15-7-5-4-6-8-15)18(21)20-16-9-10-19-11-14(16)3;/h4-8,13-14,16-17,19H,9-12H2,1-3H3,(H,20,21);1H. The van der Waals surface area contributed by atoms with Gasteiger partial charge in [0.2, 0.25) is 5.91 Å². The van der Waals surface area contributed by atoms with Gasteiger partial charge in [-0.15, -0.1) is 24.2 Å². The molecular formula is C18H29ClN2OS. The summed E-state index contributed by atoms with van der Waals surface area (Å²) in [6, 6.07) is 10.7. The number of amides is 1. The highest BCUT2D eigenvalue weighted by Gasteiger charge is 2.28. The van der Waals surface area contributed by atoms with Gasteiger partial charge in [0.25, 0.3) is 0 Å². The van der Waals surface area contributed by atoms with E-state index in [1.54, 1.807) is 11.8 Å². The van der Waals surface area contributed by atoms with E-state index in [1.807, 2.05) is 6.07 Å². The highest BCUT2D eigenvalue weighted by atomic mass is 35.5. The molecule has 0 aliphatic carbocycles. The summed E-state index contributed by atoms with van der Waals surface area (Å²) >= 11 is 1.75. The van der Waals surface area contributed by atoms with Gasteiger partial charge in [-0.05, 0) is 36.9 Å². The Morgan fingerprint density at radius 3 is 2.65 bits per heavy atom. The smallest absolute Gasteiger partial charge is 0.233 e. The van der Waals surface area contributed by atoms with E-state index < -0.39 is 0 Å². The SMILES string of the molecule is CC(C)C(SCc1ccccc1)C(=O)NC1CCNCC1C.Cl. The minimum absolute atomic E-state index is 0. The van der Waals surface area contributed by atoms with Gasteiger partial charge in [0.1, 0.15) is 0 Å². The van der Waals surface area contributed by atoms with Crippen LogP contribution in [-0.4, -0.2) is 30.3 Å². The largest absolute Gasteiger partial charge is 0.352 e. The molecule has 1 aromatic rings. The maximum Gasteiger partial charge on any atom is 0.233 e. The lowest BCUT2D eigenvalue weighted by Gasteiger charge is -2.32. The van der Waals surface area contributed by atoms with Crippen molar-refractivity contribution in [2.75, 3.05) is 13.1 Å². The molecule has 1 amide bonds. The Morgan fingerprint density at radius 1 is 1.35 bits per heavy atom. The van der Waals surface area contributed by atoms with E-state index in [-0.39, 0.29) is 23.6 Å². The number of carbonyl (C=O) groups excluding carboxylic acids is 1. The van der Waals surface area contributed by atoms with Gasteiger partial charge in [-0.1, -0.05) is 51.1 Å². The molecule has 0 aromatic heterocycles. The zero-order valence-corrected chi connectivity index (χ0v) is 15.9. The van der Waals surface area contributed by atoms with Crippen molar-refractivity contribution in [3.05, 3.63) is 35.9 Å². The number of rotatable bonds is 6. The molecule has 3 atom stereocenters. The summed E-state index contributed by atoms with van der Waals surface area (Å²) in [4.78, 5) is 12.7. The first-order valence-corrected chi connectivity index (χ1v) is 9.29. The van der Waals surface area contributed by atoms with Crippen LogP contribution in [0, 0.1) is 11.8 Å². The number of halogens is 1. The summed E-state index contributed by atoms with van der Waals surface area (Å²) < 4.78 is 0. The number of nitrogens with one attached hydrogen (secondary N) is 2. The Balaban J connectivity index is 0.00000264. The van der Waals surface area contributed by atoms with Crippen molar-refractivity contribution in [3.63, 3.8) is 0 Å². The van der Waals surface area contributed by atoms with E-state index in [2.05, 4.69) is 55.7 Å². The summed E-state index contributed by atoms with van der Waals surface area (Å²) in [6.45, 7) is 8.47. The van der Waals surface area contributed by atoms with Crippen molar-refractivity contribution in [1.82, 2.24) is 10.6 Å². The van der Waals surface area contributed by atoms with Crippen molar-refractivity contribution in [1.29, 1.82) is 0 Å². The lowest BCUT2D eigenvalue weighted by molar-refractivity contribution is -0.122. The van der Waals surface area contributed by atoms with Gasteiger partial charge in [0, 0.05) is 11.8 Å². The van der Waals surface area contributed by atoms with E-state index >= 15 is 0 Å². The van der Waals surface area contributed by atoms with Crippen LogP contribution in [0.25, 0.3) is 0 Å². The third-order valence-corrected chi connectivity index (χ3v) is 5.87. The van der Waals surface area contributed by atoms with Crippen LogP contribution in [0.1, 0.15) is 32.8 Å². The number of carbonyl (C=O) groups is 1. The predicted octanol–water partition coefficient (Wildman–Crippen LogP) is 3.48. The van der Waals surface area contributed by atoms with Crippen LogP contribution in [-0.2, 0) is 10.5 Å². The molecule has 0 radical (unpaired) electrons.